The van der Waals surface area contributed by atoms with Gasteiger partial charge in [0.15, 0.2) is 0 Å². The number of benzene rings is 1. The maximum Gasteiger partial charge on any atom is 0.325 e. The topological polar surface area (TPSA) is 51.5 Å². The van der Waals surface area contributed by atoms with Crippen LogP contribution in [0, 0.1) is 0 Å². The molecule has 0 aliphatic carbocycles. The van der Waals surface area contributed by atoms with E-state index in [1.54, 1.807) is 20.2 Å². The van der Waals surface area contributed by atoms with Crippen LogP contribution in [0.5, 0.6) is 0 Å². The van der Waals surface area contributed by atoms with Crippen molar-refractivity contribution in [2.45, 2.75) is 6.92 Å². The first kappa shape index (κ1) is 14.1. The van der Waals surface area contributed by atoms with Crippen LogP contribution in [0.4, 0.5) is 0 Å². The lowest BCUT2D eigenvalue weighted by atomic mass is 10.1. The summed E-state index contributed by atoms with van der Waals surface area (Å²) in [5, 5.41) is 0.885. The number of likely N-dealkylation sites (N-methyl/N-ethyl adjacent to an activating group) is 1. The number of rotatable bonds is 4. The monoisotopic (exact) mass is 274 g/mol. The van der Waals surface area contributed by atoms with Crippen LogP contribution in [0.2, 0.25) is 0 Å². The summed E-state index contributed by atoms with van der Waals surface area (Å²) in [7, 11) is 3.49. The first-order valence-corrected chi connectivity index (χ1v) is 6.49. The van der Waals surface area contributed by atoms with Crippen molar-refractivity contribution in [2.75, 3.05) is 20.2 Å². The van der Waals surface area contributed by atoms with Crippen LogP contribution in [0.15, 0.2) is 30.5 Å². The van der Waals surface area contributed by atoms with E-state index in [2.05, 4.69) is 0 Å². The Hall–Kier alpha value is -2.30. The summed E-state index contributed by atoms with van der Waals surface area (Å²) in [6, 6.07) is 7.68. The van der Waals surface area contributed by atoms with E-state index in [4.69, 9.17) is 4.74 Å². The summed E-state index contributed by atoms with van der Waals surface area (Å²) in [6.07, 6.45) is 1.79. The summed E-state index contributed by atoms with van der Waals surface area (Å²) in [4.78, 5) is 25.2. The molecule has 20 heavy (non-hydrogen) atoms. The van der Waals surface area contributed by atoms with Crippen molar-refractivity contribution in [1.82, 2.24) is 9.47 Å². The Morgan fingerprint density at radius 3 is 2.70 bits per heavy atom. The Kier molecular flexibility index (Phi) is 4.08. The smallest absolute Gasteiger partial charge is 0.325 e. The first-order chi connectivity index (χ1) is 9.54. The average Bonchev–Trinajstić information content (AvgIpc) is 2.76. The zero-order valence-electron chi connectivity index (χ0n) is 11.9. The lowest BCUT2D eigenvalue weighted by Gasteiger charge is -2.15. The second-order valence-corrected chi connectivity index (χ2v) is 4.64. The highest BCUT2D eigenvalue weighted by Gasteiger charge is 2.19. The molecule has 2 aromatic rings. The fraction of sp³-hybridized carbons (Fsp3) is 0.333. The summed E-state index contributed by atoms with van der Waals surface area (Å²) in [5.41, 5.74) is 1.58. The van der Waals surface area contributed by atoms with Crippen molar-refractivity contribution < 1.29 is 14.3 Å². The summed E-state index contributed by atoms with van der Waals surface area (Å²) < 4.78 is 6.76. The van der Waals surface area contributed by atoms with Gasteiger partial charge < -0.3 is 14.2 Å². The molecule has 0 bridgehead atoms. The zero-order valence-corrected chi connectivity index (χ0v) is 11.9. The van der Waals surface area contributed by atoms with E-state index in [1.165, 1.54) is 4.90 Å². The lowest BCUT2D eigenvalue weighted by molar-refractivity contribution is -0.143. The number of aromatic nitrogens is 1. The number of hydrogen-bond donors (Lipinski definition) is 0. The molecule has 0 aliphatic rings. The summed E-state index contributed by atoms with van der Waals surface area (Å²) >= 11 is 0. The molecule has 0 radical (unpaired) electrons. The van der Waals surface area contributed by atoms with E-state index in [0.29, 0.717) is 12.2 Å². The van der Waals surface area contributed by atoms with E-state index in [9.17, 15) is 9.59 Å². The van der Waals surface area contributed by atoms with Crippen LogP contribution in [-0.4, -0.2) is 41.5 Å². The number of fused-ring (bicyclic) bond motifs is 1. The van der Waals surface area contributed by atoms with E-state index < -0.39 is 5.97 Å². The van der Waals surface area contributed by atoms with Gasteiger partial charge in [0.1, 0.15) is 6.54 Å². The van der Waals surface area contributed by atoms with E-state index in [0.717, 1.165) is 10.9 Å². The molecule has 0 spiro atoms. The molecule has 5 nitrogen and oxygen atoms in total. The van der Waals surface area contributed by atoms with Gasteiger partial charge in [-0.05, 0) is 13.0 Å². The van der Waals surface area contributed by atoms with Crippen molar-refractivity contribution in [3.8, 4) is 0 Å². The van der Waals surface area contributed by atoms with Crippen molar-refractivity contribution in [2.24, 2.45) is 7.05 Å². The van der Waals surface area contributed by atoms with Crippen LogP contribution in [0.3, 0.4) is 0 Å². The van der Waals surface area contributed by atoms with Gasteiger partial charge in [0.05, 0.1) is 12.2 Å². The molecule has 0 saturated carbocycles. The fourth-order valence-electron chi connectivity index (χ4n) is 2.19. The minimum atomic E-state index is -0.399. The molecule has 106 valence electrons. The third-order valence-corrected chi connectivity index (χ3v) is 3.15. The largest absolute Gasteiger partial charge is 0.465 e. The van der Waals surface area contributed by atoms with Gasteiger partial charge in [0.25, 0.3) is 5.91 Å². The Morgan fingerprint density at radius 1 is 1.30 bits per heavy atom. The van der Waals surface area contributed by atoms with Gasteiger partial charge in [-0.3, -0.25) is 9.59 Å². The van der Waals surface area contributed by atoms with E-state index in [1.807, 2.05) is 35.9 Å². The minimum absolute atomic E-state index is 0.0457. The Morgan fingerprint density at radius 2 is 2.00 bits per heavy atom. The molecule has 0 fully saturated rings. The van der Waals surface area contributed by atoms with Gasteiger partial charge in [0, 0.05) is 31.2 Å². The van der Waals surface area contributed by atoms with Gasteiger partial charge in [-0.2, -0.15) is 0 Å². The fourth-order valence-corrected chi connectivity index (χ4v) is 2.19. The average molecular weight is 274 g/mol. The Bertz CT molecular complexity index is 646. The van der Waals surface area contributed by atoms with Crippen LogP contribution in [0.1, 0.15) is 17.3 Å². The SMILES string of the molecule is CCOC(=O)CN(C)C(=O)c1cn(C)c2ccccc12. The zero-order chi connectivity index (χ0) is 14.7. The molecule has 2 rings (SSSR count). The number of amides is 1. The molecule has 0 aliphatic heterocycles. The molecule has 1 aromatic carbocycles. The van der Waals surface area contributed by atoms with Crippen LogP contribution in [-0.2, 0) is 16.6 Å². The molecule has 0 unspecified atom stereocenters. The van der Waals surface area contributed by atoms with Gasteiger partial charge in [-0.15, -0.1) is 0 Å². The number of carbonyl (C=O) groups excluding carboxylic acids is 2. The number of ether oxygens (including phenoxy) is 1. The predicted molar refractivity (Wildman–Crippen MR) is 76.5 cm³/mol. The Labute approximate surface area is 117 Å². The second kappa shape index (κ2) is 5.77. The number of esters is 1. The van der Waals surface area contributed by atoms with Crippen LogP contribution < -0.4 is 0 Å². The standard InChI is InChI=1S/C15H18N2O3/c1-4-20-14(18)10-17(3)15(19)12-9-16(2)13-8-6-5-7-11(12)13/h5-9H,4,10H2,1-3H3. The van der Waals surface area contributed by atoms with Gasteiger partial charge in [-0.25, -0.2) is 0 Å². The van der Waals surface area contributed by atoms with Crippen LogP contribution in [0.25, 0.3) is 10.9 Å². The van der Waals surface area contributed by atoms with E-state index >= 15 is 0 Å². The summed E-state index contributed by atoms with van der Waals surface area (Å²) in [5.74, 6) is -0.585. The van der Waals surface area contributed by atoms with Gasteiger partial charge in [-0.1, -0.05) is 18.2 Å². The molecule has 0 saturated heterocycles. The van der Waals surface area contributed by atoms with E-state index in [-0.39, 0.29) is 12.5 Å². The molecule has 1 heterocycles. The molecule has 5 heteroatoms. The maximum absolute atomic E-state index is 12.4. The molecule has 0 N–H and O–H groups in total. The number of aryl methyl sites for hydroxylation is 1. The highest BCUT2D eigenvalue weighted by molar-refractivity contribution is 6.07. The number of nitrogens with zero attached hydrogens (tertiary/aromatic N) is 2. The Balaban J connectivity index is 2.25. The predicted octanol–water partition coefficient (Wildman–Crippen LogP) is 1.81. The highest BCUT2D eigenvalue weighted by atomic mass is 16.5. The third-order valence-electron chi connectivity index (χ3n) is 3.15. The van der Waals surface area contributed by atoms with Crippen molar-refractivity contribution in [3.63, 3.8) is 0 Å². The minimum Gasteiger partial charge on any atom is -0.465 e. The first-order valence-electron chi connectivity index (χ1n) is 6.49. The number of carbonyl (C=O) groups is 2. The molecule has 1 aromatic heterocycles. The quantitative estimate of drug-likeness (QED) is 0.799. The maximum atomic E-state index is 12.4. The van der Waals surface area contributed by atoms with Crippen LogP contribution >= 0.6 is 0 Å². The van der Waals surface area contributed by atoms with Gasteiger partial charge in [0.2, 0.25) is 0 Å². The normalized spacial score (nSPS) is 10.6. The second-order valence-electron chi connectivity index (χ2n) is 4.64. The van der Waals surface area contributed by atoms with Crippen molar-refractivity contribution in [1.29, 1.82) is 0 Å². The van der Waals surface area contributed by atoms with Crippen molar-refractivity contribution >= 4 is 22.8 Å². The summed E-state index contributed by atoms with van der Waals surface area (Å²) in [6.45, 7) is 2.01. The molecular formula is C15H18N2O3. The number of para-hydroxylation sites is 1. The highest BCUT2D eigenvalue weighted by Crippen LogP contribution is 2.21. The van der Waals surface area contributed by atoms with Gasteiger partial charge >= 0.3 is 5.97 Å². The third kappa shape index (κ3) is 2.66. The molecular weight excluding hydrogens is 256 g/mol. The lowest BCUT2D eigenvalue weighted by Crippen LogP contribution is -2.33. The molecule has 1 amide bonds. The molecule has 0 atom stereocenters. The van der Waals surface area contributed by atoms with Crippen molar-refractivity contribution in [3.05, 3.63) is 36.0 Å². The number of hydrogen-bond acceptors (Lipinski definition) is 3.